The highest BCUT2D eigenvalue weighted by Crippen LogP contribution is 2.35. The Labute approximate surface area is 219 Å². The highest BCUT2D eigenvalue weighted by atomic mass is 35.5. The molecule has 0 heterocycles. The van der Waals surface area contributed by atoms with Crippen LogP contribution in [-0.2, 0) is 19.6 Å². The fourth-order valence-electron chi connectivity index (χ4n) is 3.29. The first-order chi connectivity index (χ1) is 17.1. The standard InChI is InChI=1S/C25H24Cl2N2O6S/c1-4-35-25(31)20-11-8-18(14-21(20)27)28-24(30)15-29(22-13-17(26)7-12-23(22)34-3)36(32,33)19-9-5-16(2)6-10-19/h5-14H,4,15H2,1-3H3,(H,28,30). The summed E-state index contributed by atoms with van der Waals surface area (Å²) in [4.78, 5) is 25.0. The highest BCUT2D eigenvalue weighted by molar-refractivity contribution is 7.92. The van der Waals surface area contributed by atoms with Crippen LogP contribution < -0.4 is 14.4 Å². The number of benzene rings is 3. The minimum atomic E-state index is -4.19. The number of carbonyl (C=O) groups excluding carboxylic acids is 2. The van der Waals surface area contributed by atoms with Crippen LogP contribution in [0.1, 0.15) is 22.8 Å². The minimum absolute atomic E-state index is 0.00948. The van der Waals surface area contributed by atoms with Gasteiger partial charge in [-0.3, -0.25) is 9.10 Å². The number of esters is 1. The number of aryl methyl sites for hydroxylation is 1. The van der Waals surface area contributed by atoms with Crippen molar-refractivity contribution in [2.24, 2.45) is 0 Å². The van der Waals surface area contributed by atoms with Gasteiger partial charge in [0.1, 0.15) is 12.3 Å². The average molecular weight is 551 g/mol. The molecule has 3 rings (SSSR count). The number of anilines is 2. The molecule has 3 aromatic rings. The predicted molar refractivity (Wildman–Crippen MR) is 140 cm³/mol. The molecule has 0 spiro atoms. The Bertz CT molecular complexity index is 1380. The van der Waals surface area contributed by atoms with Gasteiger partial charge in [-0.1, -0.05) is 40.9 Å². The van der Waals surface area contributed by atoms with Gasteiger partial charge in [0, 0.05) is 10.7 Å². The van der Waals surface area contributed by atoms with Crippen LogP contribution in [0.25, 0.3) is 0 Å². The maximum absolute atomic E-state index is 13.6. The maximum Gasteiger partial charge on any atom is 0.339 e. The Morgan fingerprint density at radius 1 is 1.00 bits per heavy atom. The number of rotatable bonds is 9. The molecule has 190 valence electrons. The third kappa shape index (κ3) is 6.29. The highest BCUT2D eigenvalue weighted by Gasteiger charge is 2.30. The summed E-state index contributed by atoms with van der Waals surface area (Å²) in [5, 5.41) is 2.95. The molecule has 0 bridgehead atoms. The first kappa shape index (κ1) is 27.3. The number of ether oxygens (including phenoxy) is 2. The molecule has 0 saturated heterocycles. The molecule has 36 heavy (non-hydrogen) atoms. The second-order valence-corrected chi connectivity index (χ2v) is 10.3. The quantitative estimate of drug-likeness (QED) is 0.361. The topological polar surface area (TPSA) is 102 Å². The van der Waals surface area contributed by atoms with E-state index in [1.807, 2.05) is 6.92 Å². The summed E-state index contributed by atoms with van der Waals surface area (Å²) >= 11 is 12.3. The number of hydrogen-bond donors (Lipinski definition) is 1. The minimum Gasteiger partial charge on any atom is -0.495 e. The lowest BCUT2D eigenvalue weighted by atomic mass is 10.2. The van der Waals surface area contributed by atoms with Crippen LogP contribution in [0.3, 0.4) is 0 Å². The van der Waals surface area contributed by atoms with Crippen LogP contribution in [0.2, 0.25) is 10.0 Å². The number of sulfonamides is 1. The van der Waals surface area contributed by atoms with Crippen LogP contribution in [-0.4, -0.2) is 40.6 Å². The van der Waals surface area contributed by atoms with E-state index >= 15 is 0 Å². The molecular formula is C25H24Cl2N2O6S. The molecule has 0 aliphatic heterocycles. The summed E-state index contributed by atoms with van der Waals surface area (Å²) in [6.07, 6.45) is 0. The normalized spacial score (nSPS) is 11.0. The molecule has 11 heteroatoms. The van der Waals surface area contributed by atoms with E-state index in [1.54, 1.807) is 25.1 Å². The average Bonchev–Trinajstić information content (AvgIpc) is 2.83. The lowest BCUT2D eigenvalue weighted by Gasteiger charge is -2.26. The number of halogens is 2. The van der Waals surface area contributed by atoms with E-state index in [0.717, 1.165) is 9.87 Å². The van der Waals surface area contributed by atoms with Gasteiger partial charge < -0.3 is 14.8 Å². The van der Waals surface area contributed by atoms with Gasteiger partial charge in [0.05, 0.1) is 34.9 Å². The second-order valence-electron chi connectivity index (χ2n) is 7.60. The maximum atomic E-state index is 13.6. The first-order valence-electron chi connectivity index (χ1n) is 10.8. The predicted octanol–water partition coefficient (Wildman–Crippen LogP) is 5.32. The summed E-state index contributed by atoms with van der Waals surface area (Å²) < 4.78 is 38.5. The van der Waals surface area contributed by atoms with Crippen LogP contribution in [0.5, 0.6) is 5.75 Å². The molecule has 0 fully saturated rings. The Morgan fingerprint density at radius 3 is 2.31 bits per heavy atom. The molecule has 0 saturated carbocycles. The molecular weight excluding hydrogens is 527 g/mol. The van der Waals surface area contributed by atoms with E-state index in [9.17, 15) is 18.0 Å². The van der Waals surface area contributed by atoms with Gasteiger partial charge in [0.2, 0.25) is 5.91 Å². The Morgan fingerprint density at radius 2 is 1.69 bits per heavy atom. The molecule has 0 atom stereocenters. The SMILES string of the molecule is CCOC(=O)c1ccc(NC(=O)CN(c2cc(Cl)ccc2OC)S(=O)(=O)c2ccc(C)cc2)cc1Cl. The summed E-state index contributed by atoms with van der Waals surface area (Å²) in [5.74, 6) is -1.04. The number of hydrogen-bond acceptors (Lipinski definition) is 6. The summed E-state index contributed by atoms with van der Waals surface area (Å²) in [6, 6.07) is 15.0. The van der Waals surface area contributed by atoms with Crippen molar-refractivity contribution < 1.29 is 27.5 Å². The van der Waals surface area contributed by atoms with E-state index in [1.165, 1.54) is 49.6 Å². The molecule has 0 aromatic heterocycles. The van der Waals surface area contributed by atoms with Gasteiger partial charge in [0.15, 0.2) is 0 Å². The van der Waals surface area contributed by atoms with Crippen molar-refractivity contribution in [3.05, 3.63) is 81.8 Å². The largest absolute Gasteiger partial charge is 0.495 e. The van der Waals surface area contributed by atoms with Gasteiger partial charge >= 0.3 is 5.97 Å². The third-order valence-electron chi connectivity index (χ3n) is 5.05. The zero-order valence-electron chi connectivity index (χ0n) is 19.7. The van der Waals surface area contributed by atoms with Crippen molar-refractivity contribution in [2.45, 2.75) is 18.7 Å². The monoisotopic (exact) mass is 550 g/mol. The lowest BCUT2D eigenvalue weighted by Crippen LogP contribution is -2.38. The van der Waals surface area contributed by atoms with Crippen molar-refractivity contribution in [3.8, 4) is 5.75 Å². The van der Waals surface area contributed by atoms with Gasteiger partial charge in [0.25, 0.3) is 10.0 Å². The summed E-state index contributed by atoms with van der Waals surface area (Å²) in [6.45, 7) is 3.10. The van der Waals surface area contributed by atoms with Crippen LogP contribution in [0.4, 0.5) is 11.4 Å². The van der Waals surface area contributed by atoms with E-state index in [0.29, 0.717) is 0 Å². The zero-order chi connectivity index (χ0) is 26.5. The number of carbonyl (C=O) groups is 2. The van der Waals surface area contributed by atoms with E-state index in [-0.39, 0.29) is 44.2 Å². The molecule has 0 radical (unpaired) electrons. The number of methoxy groups -OCH3 is 1. The number of amides is 1. The van der Waals surface area contributed by atoms with Crippen molar-refractivity contribution >= 4 is 56.5 Å². The summed E-state index contributed by atoms with van der Waals surface area (Å²) in [5.41, 5.74) is 1.38. The van der Waals surface area contributed by atoms with Gasteiger partial charge in [-0.05, 0) is 62.4 Å². The van der Waals surface area contributed by atoms with Crippen LogP contribution >= 0.6 is 23.2 Å². The van der Waals surface area contributed by atoms with Crippen molar-refractivity contribution in [3.63, 3.8) is 0 Å². The van der Waals surface area contributed by atoms with Crippen molar-refractivity contribution in [1.82, 2.24) is 0 Å². The molecule has 0 unspecified atom stereocenters. The van der Waals surface area contributed by atoms with Crippen LogP contribution in [0, 0.1) is 6.92 Å². The first-order valence-corrected chi connectivity index (χ1v) is 13.0. The second kappa shape index (κ2) is 11.6. The number of nitrogens with zero attached hydrogens (tertiary/aromatic N) is 1. The van der Waals surface area contributed by atoms with E-state index in [2.05, 4.69) is 5.32 Å². The summed E-state index contributed by atoms with van der Waals surface area (Å²) in [7, 11) is -2.81. The van der Waals surface area contributed by atoms with Gasteiger partial charge in [-0.15, -0.1) is 0 Å². The van der Waals surface area contributed by atoms with Crippen molar-refractivity contribution in [2.75, 3.05) is 29.9 Å². The fraction of sp³-hybridized carbons (Fsp3) is 0.200. The Kier molecular flexibility index (Phi) is 8.84. The molecule has 1 amide bonds. The van der Waals surface area contributed by atoms with E-state index < -0.39 is 28.4 Å². The Hall–Kier alpha value is -3.27. The fourth-order valence-corrected chi connectivity index (χ4v) is 5.14. The van der Waals surface area contributed by atoms with Crippen LogP contribution in [0.15, 0.2) is 65.6 Å². The Balaban J connectivity index is 1.96. The zero-order valence-corrected chi connectivity index (χ0v) is 22.1. The molecule has 0 aliphatic carbocycles. The van der Waals surface area contributed by atoms with Gasteiger partial charge in [-0.25, -0.2) is 13.2 Å². The van der Waals surface area contributed by atoms with Gasteiger partial charge in [-0.2, -0.15) is 0 Å². The van der Waals surface area contributed by atoms with E-state index in [4.69, 9.17) is 32.7 Å². The smallest absolute Gasteiger partial charge is 0.339 e. The lowest BCUT2D eigenvalue weighted by molar-refractivity contribution is -0.114. The molecule has 0 aliphatic rings. The molecule has 1 N–H and O–H groups in total. The molecule has 8 nitrogen and oxygen atoms in total. The third-order valence-corrected chi connectivity index (χ3v) is 7.38. The van der Waals surface area contributed by atoms with Crippen molar-refractivity contribution in [1.29, 1.82) is 0 Å². The number of nitrogens with one attached hydrogen (secondary N) is 1. The molecule has 3 aromatic carbocycles.